The summed E-state index contributed by atoms with van der Waals surface area (Å²) in [5.41, 5.74) is 0.0389. The maximum Gasteiger partial charge on any atom is 0.339 e. The third kappa shape index (κ3) is 5.29. The molecule has 0 saturated carbocycles. The Bertz CT molecular complexity index is 1210. The van der Waals surface area contributed by atoms with Gasteiger partial charge in [0.05, 0.1) is 36.8 Å². The fourth-order valence-electron chi connectivity index (χ4n) is 3.25. The third-order valence-corrected chi connectivity index (χ3v) is 6.89. The average molecular weight is 493 g/mol. The van der Waals surface area contributed by atoms with Crippen molar-refractivity contribution in [1.29, 1.82) is 0 Å². The Morgan fingerprint density at radius 3 is 2.29 bits per heavy atom. The first-order valence-corrected chi connectivity index (χ1v) is 11.7. The molecule has 11 nitrogen and oxygen atoms in total. The first-order chi connectivity index (χ1) is 16.2. The topological polar surface area (TPSA) is 138 Å². The molecule has 0 atom stereocenters. The molecule has 1 heterocycles. The SMILES string of the molecule is CCN(CC(=O)Nc1ccc2c(c1)OCCO2)S(=O)(=O)c1cc(C(=O)OC)ccc1C(=O)OC. The maximum atomic E-state index is 13.4. The molecule has 0 radical (unpaired) electrons. The van der Waals surface area contributed by atoms with Crippen LogP contribution >= 0.6 is 0 Å². The van der Waals surface area contributed by atoms with Crippen LogP contribution in [0.5, 0.6) is 11.5 Å². The number of likely N-dealkylation sites (N-methyl/N-ethyl adjacent to an activating group) is 1. The number of nitrogens with zero attached hydrogens (tertiary/aromatic N) is 1. The highest BCUT2D eigenvalue weighted by Gasteiger charge is 2.31. The molecule has 3 rings (SSSR count). The number of ether oxygens (including phenoxy) is 4. The normalized spacial score (nSPS) is 12.7. The molecule has 182 valence electrons. The van der Waals surface area contributed by atoms with Crippen LogP contribution in [0.25, 0.3) is 0 Å². The van der Waals surface area contributed by atoms with Crippen LogP contribution in [-0.4, -0.2) is 71.1 Å². The van der Waals surface area contributed by atoms with E-state index >= 15 is 0 Å². The van der Waals surface area contributed by atoms with Gasteiger partial charge in [0.15, 0.2) is 11.5 Å². The van der Waals surface area contributed by atoms with Crippen molar-refractivity contribution in [3.63, 3.8) is 0 Å². The molecule has 0 bridgehead atoms. The Morgan fingerprint density at radius 2 is 1.65 bits per heavy atom. The van der Waals surface area contributed by atoms with Gasteiger partial charge in [-0.3, -0.25) is 4.79 Å². The Hall–Kier alpha value is -3.64. The highest BCUT2D eigenvalue weighted by atomic mass is 32.2. The molecule has 0 unspecified atom stereocenters. The number of hydrogen-bond donors (Lipinski definition) is 1. The van der Waals surface area contributed by atoms with Gasteiger partial charge < -0.3 is 24.3 Å². The van der Waals surface area contributed by atoms with Crippen molar-refractivity contribution in [2.24, 2.45) is 0 Å². The second-order valence-corrected chi connectivity index (χ2v) is 8.94. The molecule has 1 aliphatic heterocycles. The zero-order chi connectivity index (χ0) is 24.9. The summed E-state index contributed by atoms with van der Waals surface area (Å²) in [6.45, 7) is 1.71. The lowest BCUT2D eigenvalue weighted by molar-refractivity contribution is -0.116. The fraction of sp³-hybridized carbons (Fsp3) is 0.318. The van der Waals surface area contributed by atoms with Gasteiger partial charge in [-0.05, 0) is 30.3 Å². The first kappa shape index (κ1) is 25.0. The van der Waals surface area contributed by atoms with Crippen LogP contribution in [0, 0.1) is 0 Å². The highest BCUT2D eigenvalue weighted by Crippen LogP contribution is 2.32. The number of amides is 1. The van der Waals surface area contributed by atoms with Crippen LogP contribution in [0.1, 0.15) is 27.6 Å². The summed E-state index contributed by atoms with van der Waals surface area (Å²) in [6, 6.07) is 8.25. The monoisotopic (exact) mass is 492 g/mol. The molecule has 34 heavy (non-hydrogen) atoms. The van der Waals surface area contributed by atoms with Crippen molar-refractivity contribution in [3.8, 4) is 11.5 Å². The summed E-state index contributed by atoms with van der Waals surface area (Å²) >= 11 is 0. The predicted octanol–water partition coefficient (Wildman–Crippen LogP) is 1.68. The molecule has 1 aliphatic rings. The number of carbonyl (C=O) groups excluding carboxylic acids is 3. The number of nitrogens with one attached hydrogen (secondary N) is 1. The van der Waals surface area contributed by atoms with E-state index in [1.165, 1.54) is 13.0 Å². The molecule has 1 amide bonds. The minimum absolute atomic E-state index is 0.0782. The van der Waals surface area contributed by atoms with Gasteiger partial charge in [-0.2, -0.15) is 4.31 Å². The molecule has 2 aromatic rings. The van der Waals surface area contributed by atoms with Crippen molar-refractivity contribution in [2.75, 3.05) is 45.8 Å². The molecule has 12 heteroatoms. The summed E-state index contributed by atoms with van der Waals surface area (Å²) in [6.07, 6.45) is 0. The van der Waals surface area contributed by atoms with E-state index in [0.29, 0.717) is 30.4 Å². The van der Waals surface area contributed by atoms with Gasteiger partial charge in [-0.1, -0.05) is 6.92 Å². The zero-order valence-corrected chi connectivity index (χ0v) is 19.6. The van der Waals surface area contributed by atoms with Gasteiger partial charge in [-0.25, -0.2) is 18.0 Å². The Labute approximate surface area is 196 Å². The lowest BCUT2D eigenvalue weighted by Crippen LogP contribution is -2.38. The van der Waals surface area contributed by atoms with Crippen LogP contribution in [0.15, 0.2) is 41.3 Å². The van der Waals surface area contributed by atoms with E-state index in [1.54, 1.807) is 18.2 Å². The number of hydrogen-bond acceptors (Lipinski definition) is 9. The zero-order valence-electron chi connectivity index (χ0n) is 18.8. The summed E-state index contributed by atoms with van der Waals surface area (Å²) < 4.78 is 47.9. The van der Waals surface area contributed by atoms with Crippen LogP contribution in [0.3, 0.4) is 0 Å². The van der Waals surface area contributed by atoms with Gasteiger partial charge in [0.25, 0.3) is 0 Å². The van der Waals surface area contributed by atoms with Gasteiger partial charge in [0, 0.05) is 18.3 Å². The highest BCUT2D eigenvalue weighted by molar-refractivity contribution is 7.89. The van der Waals surface area contributed by atoms with Gasteiger partial charge in [0.1, 0.15) is 13.2 Å². The standard InChI is InChI=1S/C22H24N2O9S/c1-4-24(13-20(25)23-15-6-8-17-18(12-15)33-10-9-32-17)34(28,29)19-11-14(21(26)30-2)5-7-16(19)22(27)31-3/h5-8,11-12H,4,9-10,13H2,1-3H3,(H,23,25). The number of rotatable bonds is 8. The van der Waals surface area contributed by atoms with E-state index in [0.717, 1.165) is 30.7 Å². The minimum Gasteiger partial charge on any atom is -0.486 e. The van der Waals surface area contributed by atoms with Gasteiger partial charge in [0.2, 0.25) is 15.9 Å². The van der Waals surface area contributed by atoms with Gasteiger partial charge >= 0.3 is 11.9 Å². The van der Waals surface area contributed by atoms with Crippen LogP contribution in [0.4, 0.5) is 5.69 Å². The van der Waals surface area contributed by atoms with E-state index < -0.39 is 39.3 Å². The maximum absolute atomic E-state index is 13.4. The van der Waals surface area contributed by atoms with E-state index in [-0.39, 0.29) is 17.7 Å². The molecular weight excluding hydrogens is 468 g/mol. The number of sulfonamides is 1. The quantitative estimate of drug-likeness (QED) is 0.546. The lowest BCUT2D eigenvalue weighted by Gasteiger charge is -2.22. The fourth-order valence-corrected chi connectivity index (χ4v) is 4.86. The predicted molar refractivity (Wildman–Crippen MR) is 120 cm³/mol. The van der Waals surface area contributed by atoms with E-state index in [2.05, 4.69) is 14.8 Å². The van der Waals surface area contributed by atoms with Crippen molar-refractivity contribution in [2.45, 2.75) is 11.8 Å². The molecule has 0 spiro atoms. The number of benzene rings is 2. The van der Waals surface area contributed by atoms with Crippen molar-refractivity contribution >= 4 is 33.6 Å². The summed E-state index contributed by atoms with van der Waals surface area (Å²) in [7, 11) is -2.14. The Morgan fingerprint density at radius 1 is 0.971 bits per heavy atom. The molecule has 0 aromatic heterocycles. The van der Waals surface area contributed by atoms with Crippen molar-refractivity contribution < 1.29 is 41.7 Å². The molecular formula is C22H24N2O9S. The Kier molecular flexibility index (Phi) is 7.74. The van der Waals surface area contributed by atoms with E-state index in [9.17, 15) is 22.8 Å². The molecule has 0 aliphatic carbocycles. The second-order valence-electron chi connectivity index (χ2n) is 7.03. The van der Waals surface area contributed by atoms with E-state index in [4.69, 9.17) is 9.47 Å². The number of fused-ring (bicyclic) bond motifs is 1. The lowest BCUT2D eigenvalue weighted by atomic mass is 10.1. The number of methoxy groups -OCH3 is 2. The summed E-state index contributed by atoms with van der Waals surface area (Å²) in [5, 5.41) is 2.62. The van der Waals surface area contributed by atoms with Crippen LogP contribution in [-0.2, 0) is 24.3 Å². The van der Waals surface area contributed by atoms with Crippen LogP contribution in [0.2, 0.25) is 0 Å². The van der Waals surface area contributed by atoms with Crippen molar-refractivity contribution in [3.05, 3.63) is 47.5 Å². The minimum atomic E-state index is -4.38. The molecule has 1 N–H and O–H groups in total. The van der Waals surface area contributed by atoms with Crippen molar-refractivity contribution in [1.82, 2.24) is 4.31 Å². The number of carbonyl (C=O) groups is 3. The second kappa shape index (κ2) is 10.5. The third-order valence-electron chi connectivity index (χ3n) is 4.92. The molecule has 2 aromatic carbocycles. The largest absolute Gasteiger partial charge is 0.486 e. The Balaban J connectivity index is 1.87. The average Bonchev–Trinajstić information content (AvgIpc) is 2.85. The van der Waals surface area contributed by atoms with Crippen LogP contribution < -0.4 is 14.8 Å². The smallest absolute Gasteiger partial charge is 0.339 e. The summed E-state index contributed by atoms with van der Waals surface area (Å²) in [4.78, 5) is 36.3. The number of anilines is 1. The molecule has 0 fully saturated rings. The van der Waals surface area contributed by atoms with Gasteiger partial charge in [-0.15, -0.1) is 0 Å². The first-order valence-electron chi connectivity index (χ1n) is 10.2. The molecule has 0 saturated heterocycles. The van der Waals surface area contributed by atoms with E-state index in [1.807, 2.05) is 0 Å². The number of esters is 2. The summed E-state index contributed by atoms with van der Waals surface area (Å²) in [5.74, 6) is -1.31.